The molecule has 0 radical (unpaired) electrons. The van der Waals surface area contributed by atoms with E-state index in [0.717, 1.165) is 37.8 Å². The Hall–Kier alpha value is -2.29. The Morgan fingerprint density at radius 2 is 1.70 bits per heavy atom. The Balaban J connectivity index is 2.26. The Labute approximate surface area is 194 Å². The number of alkyl halides is 3. The monoisotopic (exact) mass is 475 g/mol. The van der Waals surface area contributed by atoms with Gasteiger partial charge in [0.1, 0.15) is 11.8 Å². The van der Waals surface area contributed by atoms with Crippen LogP contribution in [0.4, 0.5) is 13.2 Å². The number of hydrogen-bond acceptors (Lipinski definition) is 6. The summed E-state index contributed by atoms with van der Waals surface area (Å²) in [5, 5.41) is 3.20. The van der Waals surface area contributed by atoms with Crippen LogP contribution in [0.3, 0.4) is 0 Å². The molecule has 0 aliphatic heterocycles. The molecular weight excluding hydrogens is 439 g/mol. The van der Waals surface area contributed by atoms with Gasteiger partial charge in [-0.05, 0) is 64.3 Å². The lowest BCUT2D eigenvalue weighted by molar-refractivity contribution is -0.146. The zero-order valence-corrected chi connectivity index (χ0v) is 19.5. The van der Waals surface area contributed by atoms with Crippen molar-refractivity contribution in [1.82, 2.24) is 5.32 Å². The first-order chi connectivity index (χ1) is 15.8. The lowest BCUT2D eigenvalue weighted by Gasteiger charge is -2.17. The number of benzene rings is 1. The minimum Gasteiger partial charge on any atom is -0.494 e. The van der Waals surface area contributed by atoms with Gasteiger partial charge in [-0.1, -0.05) is 25.3 Å². The molecule has 0 spiro atoms. The number of halogens is 3. The van der Waals surface area contributed by atoms with Crippen LogP contribution in [0, 0.1) is 0 Å². The van der Waals surface area contributed by atoms with Crippen molar-refractivity contribution in [1.29, 1.82) is 0 Å². The van der Waals surface area contributed by atoms with Gasteiger partial charge in [-0.15, -0.1) is 0 Å². The van der Waals surface area contributed by atoms with Gasteiger partial charge in [0.15, 0.2) is 0 Å². The molecule has 0 saturated heterocycles. The number of esters is 2. The molecule has 1 aromatic carbocycles. The normalized spacial score (nSPS) is 12.3. The average molecular weight is 476 g/mol. The Kier molecular flexibility index (Phi) is 14.2. The lowest BCUT2D eigenvalue weighted by atomic mass is 10.1. The van der Waals surface area contributed by atoms with E-state index in [1.54, 1.807) is 13.8 Å². The maximum Gasteiger partial charge on any atom is 0.416 e. The number of carbonyl (C=O) groups excluding carboxylic acids is 2. The summed E-state index contributed by atoms with van der Waals surface area (Å²) in [6.07, 6.45) is 1.38. The van der Waals surface area contributed by atoms with Gasteiger partial charge in [-0.3, -0.25) is 9.59 Å². The SMILES string of the molecule is CCOC(=O)CCCCCCC(NCCCCOc1cccc(C(F)(F)F)c1)C(=O)OCC. The number of unbranched alkanes of at least 4 members (excludes halogenated alkanes) is 4. The number of hydrogen-bond donors (Lipinski definition) is 1. The fourth-order valence-corrected chi connectivity index (χ4v) is 3.21. The molecule has 188 valence electrons. The summed E-state index contributed by atoms with van der Waals surface area (Å²) in [6, 6.07) is 4.41. The van der Waals surface area contributed by atoms with E-state index in [0.29, 0.717) is 45.4 Å². The van der Waals surface area contributed by atoms with E-state index in [2.05, 4.69) is 5.32 Å². The van der Waals surface area contributed by atoms with Gasteiger partial charge >= 0.3 is 18.1 Å². The minimum absolute atomic E-state index is 0.180. The maximum absolute atomic E-state index is 12.7. The molecule has 1 rings (SSSR count). The van der Waals surface area contributed by atoms with E-state index in [4.69, 9.17) is 14.2 Å². The fourth-order valence-electron chi connectivity index (χ4n) is 3.21. The summed E-state index contributed by atoms with van der Waals surface area (Å²) in [5.41, 5.74) is -0.736. The summed E-state index contributed by atoms with van der Waals surface area (Å²) in [7, 11) is 0. The predicted molar refractivity (Wildman–Crippen MR) is 119 cm³/mol. The van der Waals surface area contributed by atoms with E-state index >= 15 is 0 Å². The van der Waals surface area contributed by atoms with E-state index in [9.17, 15) is 22.8 Å². The molecule has 33 heavy (non-hydrogen) atoms. The van der Waals surface area contributed by atoms with E-state index < -0.39 is 17.8 Å². The zero-order valence-electron chi connectivity index (χ0n) is 19.5. The molecule has 0 fully saturated rings. The zero-order chi connectivity index (χ0) is 24.5. The Bertz CT molecular complexity index is 697. The molecule has 0 saturated carbocycles. The molecule has 1 aromatic rings. The fraction of sp³-hybridized carbons (Fsp3) is 0.667. The van der Waals surface area contributed by atoms with E-state index in [1.165, 1.54) is 12.1 Å². The third-order valence-electron chi connectivity index (χ3n) is 4.89. The second-order valence-electron chi connectivity index (χ2n) is 7.60. The summed E-state index contributed by atoms with van der Waals surface area (Å²) in [4.78, 5) is 23.5. The molecule has 9 heteroatoms. The maximum atomic E-state index is 12.7. The highest BCUT2D eigenvalue weighted by atomic mass is 19.4. The summed E-state index contributed by atoms with van der Waals surface area (Å²) in [5.74, 6) is -0.282. The third-order valence-corrected chi connectivity index (χ3v) is 4.89. The van der Waals surface area contributed by atoms with E-state index in [1.807, 2.05) is 0 Å². The molecule has 6 nitrogen and oxygen atoms in total. The van der Waals surface area contributed by atoms with Crippen LogP contribution in [0.2, 0.25) is 0 Å². The van der Waals surface area contributed by atoms with Crippen molar-refractivity contribution in [3.63, 3.8) is 0 Å². The molecule has 0 aromatic heterocycles. The molecule has 0 aliphatic rings. The van der Waals surface area contributed by atoms with Crippen molar-refractivity contribution < 1.29 is 37.0 Å². The molecule has 0 amide bonds. The van der Waals surface area contributed by atoms with Crippen LogP contribution in [-0.2, 0) is 25.2 Å². The van der Waals surface area contributed by atoms with Gasteiger partial charge in [0, 0.05) is 6.42 Å². The average Bonchev–Trinajstić information content (AvgIpc) is 2.76. The highest BCUT2D eigenvalue weighted by molar-refractivity contribution is 5.75. The first-order valence-electron chi connectivity index (χ1n) is 11.6. The van der Waals surface area contributed by atoms with Gasteiger partial charge < -0.3 is 19.5 Å². The molecule has 1 N–H and O–H groups in total. The summed E-state index contributed by atoms with van der Waals surface area (Å²) < 4.78 is 53.7. The largest absolute Gasteiger partial charge is 0.494 e. The first-order valence-corrected chi connectivity index (χ1v) is 11.6. The predicted octanol–water partition coefficient (Wildman–Crippen LogP) is 5.29. The van der Waals surface area contributed by atoms with E-state index in [-0.39, 0.29) is 24.3 Å². The van der Waals surface area contributed by atoms with Crippen LogP contribution < -0.4 is 10.1 Å². The smallest absolute Gasteiger partial charge is 0.416 e. The molecular formula is C24H36F3NO5. The van der Waals surface area contributed by atoms with Gasteiger partial charge in [0.2, 0.25) is 0 Å². The number of nitrogens with one attached hydrogen (secondary N) is 1. The van der Waals surface area contributed by atoms with Crippen molar-refractivity contribution in [2.75, 3.05) is 26.4 Å². The van der Waals surface area contributed by atoms with Gasteiger partial charge in [-0.2, -0.15) is 13.2 Å². The first kappa shape index (κ1) is 28.7. The second-order valence-corrected chi connectivity index (χ2v) is 7.60. The molecule has 1 unspecified atom stereocenters. The number of ether oxygens (including phenoxy) is 3. The van der Waals surface area contributed by atoms with Gasteiger partial charge in [-0.25, -0.2) is 0 Å². The molecule has 0 aliphatic carbocycles. The van der Waals surface area contributed by atoms with Crippen molar-refractivity contribution in [3.8, 4) is 5.75 Å². The van der Waals surface area contributed by atoms with Gasteiger partial charge in [0.25, 0.3) is 0 Å². The highest BCUT2D eigenvalue weighted by Crippen LogP contribution is 2.31. The quantitative estimate of drug-likeness (QED) is 0.244. The molecule has 0 heterocycles. The van der Waals surface area contributed by atoms with Crippen LogP contribution in [0.25, 0.3) is 0 Å². The van der Waals surface area contributed by atoms with Gasteiger partial charge in [0.05, 0.1) is 25.4 Å². The number of rotatable bonds is 17. The van der Waals surface area contributed by atoms with Crippen LogP contribution in [0.5, 0.6) is 5.75 Å². The van der Waals surface area contributed by atoms with Crippen molar-refractivity contribution in [2.24, 2.45) is 0 Å². The van der Waals surface area contributed by atoms with Crippen molar-refractivity contribution in [3.05, 3.63) is 29.8 Å². The van der Waals surface area contributed by atoms with Crippen molar-refractivity contribution >= 4 is 11.9 Å². The van der Waals surface area contributed by atoms with Crippen LogP contribution in [-0.4, -0.2) is 44.3 Å². The second kappa shape index (κ2) is 16.3. The number of carbonyl (C=O) groups is 2. The summed E-state index contributed by atoms with van der Waals surface area (Å²) >= 11 is 0. The minimum atomic E-state index is -4.40. The Morgan fingerprint density at radius 1 is 0.970 bits per heavy atom. The third kappa shape index (κ3) is 13.1. The molecule has 1 atom stereocenters. The standard InChI is InChI=1S/C24H36F3NO5/c1-3-31-22(29)15-8-6-5-7-14-21(23(30)32-4-2)28-16-9-10-17-33-20-13-11-12-19(18-20)24(25,26)27/h11-13,18,21,28H,3-10,14-17H2,1-2H3. The highest BCUT2D eigenvalue weighted by Gasteiger charge is 2.30. The lowest BCUT2D eigenvalue weighted by Crippen LogP contribution is -2.38. The van der Waals surface area contributed by atoms with Crippen molar-refractivity contribution in [2.45, 2.75) is 77.4 Å². The van der Waals surface area contributed by atoms with Crippen LogP contribution in [0.1, 0.15) is 70.8 Å². The van der Waals surface area contributed by atoms with Crippen LogP contribution in [0.15, 0.2) is 24.3 Å². The topological polar surface area (TPSA) is 73.9 Å². The van der Waals surface area contributed by atoms with Crippen LogP contribution >= 0.6 is 0 Å². The summed E-state index contributed by atoms with van der Waals surface area (Å²) in [6.45, 7) is 5.09. The Morgan fingerprint density at radius 3 is 2.39 bits per heavy atom. The molecule has 0 bridgehead atoms.